The third kappa shape index (κ3) is 2.88. The molecule has 1 heterocycles. The summed E-state index contributed by atoms with van der Waals surface area (Å²) in [5.41, 5.74) is -0.796. The fourth-order valence-corrected chi connectivity index (χ4v) is 1.20. The van der Waals surface area contributed by atoms with Gasteiger partial charge in [0.05, 0.1) is 10.6 Å². The van der Waals surface area contributed by atoms with Crippen molar-refractivity contribution in [2.75, 3.05) is 5.32 Å². The number of carboxylic acids is 1. The molecule has 2 N–H and O–H groups in total. The van der Waals surface area contributed by atoms with E-state index in [4.69, 9.17) is 23.1 Å². The van der Waals surface area contributed by atoms with Crippen molar-refractivity contribution in [3.8, 4) is 12.3 Å². The molecule has 84 valence electrons. The summed E-state index contributed by atoms with van der Waals surface area (Å²) >= 11 is 5.68. The smallest absolute Gasteiger partial charge is 0.356 e. The average molecular weight is 239 g/mol. The first-order valence-electron chi connectivity index (χ1n) is 4.51. The minimum atomic E-state index is -1.17. The zero-order chi connectivity index (χ0) is 12.3. The van der Waals surface area contributed by atoms with Crippen molar-refractivity contribution in [3.05, 3.63) is 22.8 Å². The van der Waals surface area contributed by atoms with E-state index in [-0.39, 0.29) is 10.7 Å². The summed E-state index contributed by atoms with van der Waals surface area (Å²) in [7, 11) is 0. The van der Waals surface area contributed by atoms with Gasteiger partial charge in [-0.15, -0.1) is 6.42 Å². The summed E-state index contributed by atoms with van der Waals surface area (Å²) in [5, 5.41) is 11.8. The average Bonchev–Trinajstić information content (AvgIpc) is 2.20. The van der Waals surface area contributed by atoms with Gasteiger partial charge < -0.3 is 10.4 Å². The van der Waals surface area contributed by atoms with Crippen molar-refractivity contribution >= 4 is 23.4 Å². The van der Waals surface area contributed by atoms with E-state index in [0.29, 0.717) is 5.82 Å². The van der Waals surface area contributed by atoms with Crippen LogP contribution in [0, 0.1) is 12.3 Å². The maximum Gasteiger partial charge on any atom is 0.356 e. The second kappa shape index (κ2) is 4.42. The van der Waals surface area contributed by atoms with Gasteiger partial charge in [-0.1, -0.05) is 17.5 Å². The number of nitrogens with one attached hydrogen (secondary N) is 1. The normalized spacial score (nSPS) is 10.6. The van der Waals surface area contributed by atoms with Gasteiger partial charge in [0, 0.05) is 0 Å². The van der Waals surface area contributed by atoms with Crippen molar-refractivity contribution in [2.45, 2.75) is 19.4 Å². The van der Waals surface area contributed by atoms with E-state index >= 15 is 0 Å². The van der Waals surface area contributed by atoms with Crippen LogP contribution in [0.3, 0.4) is 0 Å². The van der Waals surface area contributed by atoms with E-state index < -0.39 is 11.5 Å². The molecule has 0 aromatic carbocycles. The van der Waals surface area contributed by atoms with Gasteiger partial charge in [-0.05, 0) is 26.0 Å². The Bertz CT molecular complexity index is 464. The van der Waals surface area contributed by atoms with Crippen LogP contribution in [0.1, 0.15) is 24.3 Å². The number of aromatic nitrogens is 1. The Morgan fingerprint density at radius 3 is 2.75 bits per heavy atom. The number of aromatic carboxylic acids is 1. The molecule has 5 heteroatoms. The zero-order valence-corrected chi connectivity index (χ0v) is 9.67. The number of pyridine rings is 1. The van der Waals surface area contributed by atoms with Crippen LogP contribution in [0.2, 0.25) is 5.02 Å². The molecule has 1 aromatic rings. The first-order chi connectivity index (χ1) is 7.35. The lowest BCUT2D eigenvalue weighted by molar-refractivity contribution is 0.0691. The topological polar surface area (TPSA) is 62.2 Å². The molecule has 0 unspecified atom stereocenters. The highest BCUT2D eigenvalue weighted by Crippen LogP contribution is 2.19. The summed E-state index contributed by atoms with van der Waals surface area (Å²) in [6.45, 7) is 3.56. The number of carbonyl (C=O) groups is 1. The van der Waals surface area contributed by atoms with Gasteiger partial charge in [0.1, 0.15) is 5.82 Å². The molecule has 0 bridgehead atoms. The van der Waals surface area contributed by atoms with Gasteiger partial charge in [0.25, 0.3) is 0 Å². The summed E-state index contributed by atoms with van der Waals surface area (Å²) in [4.78, 5) is 14.7. The molecule has 0 aliphatic rings. The van der Waals surface area contributed by atoms with Crippen molar-refractivity contribution < 1.29 is 9.90 Å². The summed E-state index contributed by atoms with van der Waals surface area (Å²) < 4.78 is 0. The van der Waals surface area contributed by atoms with Gasteiger partial charge in [-0.2, -0.15) is 0 Å². The molecule has 0 fully saturated rings. The number of carboxylic acid groups (broad SMARTS) is 1. The Morgan fingerprint density at radius 1 is 1.62 bits per heavy atom. The first-order valence-corrected chi connectivity index (χ1v) is 4.89. The molecule has 0 amide bonds. The number of anilines is 1. The fourth-order valence-electron chi connectivity index (χ4n) is 1.02. The van der Waals surface area contributed by atoms with Crippen LogP contribution in [-0.2, 0) is 0 Å². The first kappa shape index (κ1) is 12.3. The van der Waals surface area contributed by atoms with Crippen LogP contribution in [0.4, 0.5) is 5.82 Å². The highest BCUT2D eigenvalue weighted by molar-refractivity contribution is 6.33. The summed E-state index contributed by atoms with van der Waals surface area (Å²) in [6.07, 6.45) is 5.30. The van der Waals surface area contributed by atoms with Gasteiger partial charge in [-0.3, -0.25) is 0 Å². The number of nitrogens with zero attached hydrogens (tertiary/aromatic N) is 1. The van der Waals surface area contributed by atoms with E-state index in [1.165, 1.54) is 6.07 Å². The summed E-state index contributed by atoms with van der Waals surface area (Å²) in [6, 6.07) is 3.04. The van der Waals surface area contributed by atoms with E-state index in [1.807, 2.05) is 0 Å². The molecule has 0 saturated carbocycles. The molecule has 0 saturated heterocycles. The molecular weight excluding hydrogens is 228 g/mol. The number of hydrogen-bond donors (Lipinski definition) is 2. The van der Waals surface area contributed by atoms with Gasteiger partial charge in [-0.25, -0.2) is 9.78 Å². The van der Waals surface area contributed by atoms with Gasteiger partial charge in [0.15, 0.2) is 5.69 Å². The third-order valence-electron chi connectivity index (χ3n) is 1.85. The van der Waals surface area contributed by atoms with Crippen LogP contribution >= 0.6 is 11.6 Å². The van der Waals surface area contributed by atoms with E-state index in [2.05, 4.69) is 16.2 Å². The summed E-state index contributed by atoms with van der Waals surface area (Å²) in [5.74, 6) is 1.73. The van der Waals surface area contributed by atoms with Crippen molar-refractivity contribution in [1.82, 2.24) is 4.98 Å². The molecule has 0 radical (unpaired) electrons. The quantitative estimate of drug-likeness (QED) is 0.793. The molecule has 1 rings (SSSR count). The zero-order valence-electron chi connectivity index (χ0n) is 8.91. The Labute approximate surface area is 98.6 Å². The minimum absolute atomic E-state index is 0.0940. The largest absolute Gasteiger partial charge is 0.476 e. The van der Waals surface area contributed by atoms with E-state index in [9.17, 15) is 4.79 Å². The second-order valence-electron chi connectivity index (χ2n) is 3.73. The Balaban J connectivity index is 3.06. The van der Waals surface area contributed by atoms with Gasteiger partial charge >= 0.3 is 5.97 Å². The number of terminal acetylenes is 1. The number of rotatable bonds is 3. The molecule has 16 heavy (non-hydrogen) atoms. The standard InChI is InChI=1S/C11H11ClN2O2/c1-4-11(2,3)14-8-6-5-7(12)9(13-8)10(15)16/h1,5-6H,2-3H3,(H,13,14)(H,15,16). The highest BCUT2D eigenvalue weighted by atomic mass is 35.5. The predicted octanol–water partition coefficient (Wildman–Crippen LogP) is 2.26. The van der Waals surface area contributed by atoms with Crippen LogP contribution in [-0.4, -0.2) is 21.6 Å². The Kier molecular flexibility index (Phi) is 3.41. The van der Waals surface area contributed by atoms with Crippen LogP contribution in [0.5, 0.6) is 0 Å². The predicted molar refractivity (Wildman–Crippen MR) is 62.7 cm³/mol. The monoisotopic (exact) mass is 238 g/mol. The molecule has 0 aliphatic heterocycles. The van der Waals surface area contributed by atoms with Crippen molar-refractivity contribution in [3.63, 3.8) is 0 Å². The van der Waals surface area contributed by atoms with Crippen LogP contribution in [0.25, 0.3) is 0 Å². The second-order valence-corrected chi connectivity index (χ2v) is 4.13. The Hall–Kier alpha value is -1.73. The number of hydrogen-bond acceptors (Lipinski definition) is 3. The van der Waals surface area contributed by atoms with Gasteiger partial charge in [0.2, 0.25) is 0 Å². The lowest BCUT2D eigenvalue weighted by atomic mass is 10.1. The molecular formula is C11H11ClN2O2. The number of halogens is 1. The molecule has 4 nitrogen and oxygen atoms in total. The third-order valence-corrected chi connectivity index (χ3v) is 2.15. The molecule has 0 spiro atoms. The molecule has 0 aliphatic carbocycles. The van der Waals surface area contributed by atoms with E-state index in [1.54, 1.807) is 19.9 Å². The van der Waals surface area contributed by atoms with Crippen molar-refractivity contribution in [1.29, 1.82) is 0 Å². The van der Waals surface area contributed by atoms with Crippen molar-refractivity contribution in [2.24, 2.45) is 0 Å². The molecule has 1 aromatic heterocycles. The van der Waals surface area contributed by atoms with Crippen LogP contribution < -0.4 is 5.32 Å². The minimum Gasteiger partial charge on any atom is -0.476 e. The van der Waals surface area contributed by atoms with Crippen LogP contribution in [0.15, 0.2) is 12.1 Å². The maximum absolute atomic E-state index is 10.8. The molecule has 0 atom stereocenters. The Morgan fingerprint density at radius 2 is 2.25 bits per heavy atom. The lowest BCUT2D eigenvalue weighted by Gasteiger charge is -2.20. The fraction of sp³-hybridized carbons (Fsp3) is 0.273. The maximum atomic E-state index is 10.8. The lowest BCUT2D eigenvalue weighted by Crippen LogP contribution is -2.29. The SMILES string of the molecule is C#CC(C)(C)Nc1ccc(Cl)c(C(=O)O)n1. The van der Waals surface area contributed by atoms with E-state index in [0.717, 1.165) is 0 Å². The highest BCUT2D eigenvalue weighted by Gasteiger charge is 2.16.